The van der Waals surface area contributed by atoms with Gasteiger partial charge in [0, 0.05) is 11.1 Å². The molecule has 0 atom stereocenters. The number of rotatable bonds is 4. The molecule has 0 saturated heterocycles. The highest BCUT2D eigenvalue weighted by Gasteiger charge is 2.11. The number of hydrogen-bond acceptors (Lipinski definition) is 4. The summed E-state index contributed by atoms with van der Waals surface area (Å²) in [6.45, 7) is 6.23. The Hall–Kier alpha value is -2.95. The van der Waals surface area contributed by atoms with Crippen molar-refractivity contribution in [1.29, 1.82) is 0 Å². The third-order valence-electron chi connectivity index (χ3n) is 3.91. The fourth-order valence-corrected chi connectivity index (χ4v) is 2.37. The lowest BCUT2D eigenvalue weighted by Crippen LogP contribution is -2.23. The van der Waals surface area contributed by atoms with E-state index in [4.69, 9.17) is 4.52 Å². The molecule has 2 aromatic carbocycles. The van der Waals surface area contributed by atoms with Crippen molar-refractivity contribution in [2.75, 3.05) is 0 Å². The Morgan fingerprint density at radius 2 is 1.92 bits per heavy atom. The lowest BCUT2D eigenvalue weighted by Gasteiger charge is -2.05. The largest absolute Gasteiger partial charge is 0.345 e. The molecular weight excluding hydrogens is 302 g/mol. The van der Waals surface area contributed by atoms with Crippen molar-refractivity contribution in [1.82, 2.24) is 15.5 Å². The molecule has 0 saturated carbocycles. The van der Waals surface area contributed by atoms with Crippen LogP contribution in [0.4, 0.5) is 0 Å². The zero-order valence-electron chi connectivity index (χ0n) is 14.0. The first-order chi connectivity index (χ1) is 11.5. The summed E-state index contributed by atoms with van der Waals surface area (Å²) in [7, 11) is 0. The van der Waals surface area contributed by atoms with E-state index in [-0.39, 0.29) is 12.5 Å². The predicted octanol–water partition coefficient (Wildman–Crippen LogP) is 3.59. The predicted molar refractivity (Wildman–Crippen MR) is 91.6 cm³/mol. The van der Waals surface area contributed by atoms with E-state index < -0.39 is 0 Å². The average molecular weight is 321 g/mol. The third-order valence-corrected chi connectivity index (χ3v) is 3.91. The van der Waals surface area contributed by atoms with Crippen LogP contribution in [0.15, 0.2) is 47.0 Å². The zero-order chi connectivity index (χ0) is 17.1. The molecule has 1 N–H and O–H groups in total. The minimum atomic E-state index is -0.153. The maximum atomic E-state index is 12.2. The van der Waals surface area contributed by atoms with E-state index in [0.29, 0.717) is 17.3 Å². The molecule has 122 valence electrons. The topological polar surface area (TPSA) is 68.0 Å². The Balaban J connectivity index is 1.67. The fourth-order valence-electron chi connectivity index (χ4n) is 2.37. The summed E-state index contributed by atoms with van der Waals surface area (Å²) in [5.74, 6) is 0.748. The van der Waals surface area contributed by atoms with Gasteiger partial charge in [0.1, 0.15) is 0 Å². The van der Waals surface area contributed by atoms with Crippen LogP contribution in [0.3, 0.4) is 0 Å². The van der Waals surface area contributed by atoms with Gasteiger partial charge < -0.3 is 9.84 Å². The van der Waals surface area contributed by atoms with Crippen LogP contribution in [0.2, 0.25) is 0 Å². The molecule has 24 heavy (non-hydrogen) atoms. The lowest BCUT2D eigenvalue weighted by atomic mass is 10.1. The molecule has 1 aromatic heterocycles. The van der Waals surface area contributed by atoms with Gasteiger partial charge in [0.25, 0.3) is 11.8 Å². The van der Waals surface area contributed by atoms with E-state index in [9.17, 15) is 4.79 Å². The summed E-state index contributed by atoms with van der Waals surface area (Å²) in [6, 6.07) is 13.5. The van der Waals surface area contributed by atoms with E-state index in [1.54, 1.807) is 0 Å². The molecule has 0 radical (unpaired) electrons. The number of amides is 1. The van der Waals surface area contributed by atoms with Crippen molar-refractivity contribution in [3.05, 3.63) is 70.5 Å². The van der Waals surface area contributed by atoms with Gasteiger partial charge in [0.15, 0.2) is 5.82 Å². The van der Waals surface area contributed by atoms with Crippen LogP contribution >= 0.6 is 0 Å². The molecule has 0 spiro atoms. The van der Waals surface area contributed by atoms with Crippen molar-refractivity contribution in [2.45, 2.75) is 27.3 Å². The molecular formula is C19H19N3O2. The average Bonchev–Trinajstić information content (AvgIpc) is 3.04. The van der Waals surface area contributed by atoms with Gasteiger partial charge in [-0.25, -0.2) is 0 Å². The van der Waals surface area contributed by atoms with E-state index in [0.717, 1.165) is 22.3 Å². The minimum Gasteiger partial charge on any atom is -0.345 e. The normalized spacial score (nSPS) is 10.6. The molecule has 0 aliphatic carbocycles. The highest BCUT2D eigenvalue weighted by atomic mass is 16.5. The van der Waals surface area contributed by atoms with Gasteiger partial charge in [-0.15, -0.1) is 0 Å². The summed E-state index contributed by atoms with van der Waals surface area (Å²) in [6.07, 6.45) is 0. The highest BCUT2D eigenvalue weighted by molar-refractivity contribution is 5.94. The molecule has 1 amide bonds. The number of carbonyl (C=O) groups excluding carboxylic acids is 1. The third kappa shape index (κ3) is 3.51. The first-order valence-corrected chi connectivity index (χ1v) is 7.78. The molecule has 0 bridgehead atoms. The quantitative estimate of drug-likeness (QED) is 0.797. The second-order valence-corrected chi connectivity index (χ2v) is 5.87. The van der Waals surface area contributed by atoms with E-state index in [1.165, 1.54) is 0 Å². The molecule has 0 fully saturated rings. The van der Waals surface area contributed by atoms with Crippen LogP contribution in [0.1, 0.15) is 32.9 Å². The highest BCUT2D eigenvalue weighted by Crippen LogP contribution is 2.18. The SMILES string of the molecule is Cc1cccc(-c2nc(CNC(=O)c3ccc(C)c(C)c3)no2)c1. The summed E-state index contributed by atoms with van der Waals surface area (Å²) in [4.78, 5) is 16.5. The monoisotopic (exact) mass is 321 g/mol. The first kappa shape index (κ1) is 15.9. The number of carbonyl (C=O) groups is 1. The Labute approximate surface area is 140 Å². The number of nitrogens with zero attached hydrogens (tertiary/aromatic N) is 2. The number of benzene rings is 2. The second kappa shape index (κ2) is 6.66. The van der Waals surface area contributed by atoms with Crippen LogP contribution in [-0.4, -0.2) is 16.0 Å². The van der Waals surface area contributed by atoms with Crippen molar-refractivity contribution < 1.29 is 9.32 Å². The zero-order valence-corrected chi connectivity index (χ0v) is 14.0. The smallest absolute Gasteiger partial charge is 0.257 e. The van der Waals surface area contributed by atoms with E-state index >= 15 is 0 Å². The molecule has 0 aliphatic heterocycles. The van der Waals surface area contributed by atoms with Crippen molar-refractivity contribution >= 4 is 5.91 Å². The summed E-state index contributed by atoms with van der Waals surface area (Å²) < 4.78 is 5.27. The van der Waals surface area contributed by atoms with Crippen molar-refractivity contribution in [3.8, 4) is 11.5 Å². The summed E-state index contributed by atoms with van der Waals surface area (Å²) in [5, 5.41) is 6.73. The maximum Gasteiger partial charge on any atom is 0.257 e. The van der Waals surface area contributed by atoms with Gasteiger partial charge >= 0.3 is 0 Å². The standard InChI is InChI=1S/C19H19N3O2/c1-12-5-4-6-16(9-12)19-21-17(22-24-19)11-20-18(23)15-8-7-13(2)14(3)10-15/h4-10H,11H2,1-3H3,(H,20,23). The number of aryl methyl sites for hydroxylation is 3. The molecule has 1 heterocycles. The van der Waals surface area contributed by atoms with Gasteiger partial charge in [-0.05, 0) is 56.2 Å². The molecule has 3 rings (SSSR count). The van der Waals surface area contributed by atoms with Gasteiger partial charge in [0.05, 0.1) is 6.54 Å². The molecule has 0 aliphatic rings. The van der Waals surface area contributed by atoms with Crippen LogP contribution in [0, 0.1) is 20.8 Å². The van der Waals surface area contributed by atoms with Crippen LogP contribution in [0.5, 0.6) is 0 Å². The molecule has 3 aromatic rings. The Morgan fingerprint density at radius 1 is 1.08 bits per heavy atom. The van der Waals surface area contributed by atoms with Crippen LogP contribution in [0.25, 0.3) is 11.5 Å². The number of aromatic nitrogens is 2. The lowest BCUT2D eigenvalue weighted by molar-refractivity contribution is 0.0949. The number of nitrogens with one attached hydrogen (secondary N) is 1. The van der Waals surface area contributed by atoms with E-state index in [1.807, 2.05) is 63.2 Å². The Bertz CT molecular complexity index is 884. The number of hydrogen-bond donors (Lipinski definition) is 1. The Morgan fingerprint density at radius 3 is 2.67 bits per heavy atom. The fraction of sp³-hybridized carbons (Fsp3) is 0.211. The summed E-state index contributed by atoms with van der Waals surface area (Å²) >= 11 is 0. The first-order valence-electron chi connectivity index (χ1n) is 7.78. The second-order valence-electron chi connectivity index (χ2n) is 5.87. The van der Waals surface area contributed by atoms with Crippen LogP contribution < -0.4 is 5.32 Å². The molecule has 5 heteroatoms. The Kier molecular flexibility index (Phi) is 4.42. The van der Waals surface area contributed by atoms with Crippen LogP contribution in [-0.2, 0) is 6.54 Å². The molecule has 5 nitrogen and oxygen atoms in total. The van der Waals surface area contributed by atoms with Gasteiger partial charge in [-0.1, -0.05) is 28.9 Å². The van der Waals surface area contributed by atoms with Gasteiger partial charge in [-0.3, -0.25) is 4.79 Å². The van der Waals surface area contributed by atoms with Gasteiger partial charge in [0.2, 0.25) is 0 Å². The molecule has 0 unspecified atom stereocenters. The van der Waals surface area contributed by atoms with Gasteiger partial charge in [-0.2, -0.15) is 4.98 Å². The van der Waals surface area contributed by atoms with Crippen molar-refractivity contribution in [2.24, 2.45) is 0 Å². The van der Waals surface area contributed by atoms with Crippen molar-refractivity contribution in [3.63, 3.8) is 0 Å². The summed E-state index contributed by atoms with van der Waals surface area (Å²) in [5.41, 5.74) is 4.86. The maximum absolute atomic E-state index is 12.2. The van der Waals surface area contributed by atoms with E-state index in [2.05, 4.69) is 15.5 Å². The minimum absolute atomic E-state index is 0.153.